The maximum atomic E-state index is 12.4. The lowest BCUT2D eigenvalue weighted by atomic mass is 10.1. The van der Waals surface area contributed by atoms with Gasteiger partial charge in [-0.1, -0.05) is 0 Å². The Bertz CT molecular complexity index is 235. The average Bonchev–Trinajstić information content (AvgIpc) is 2.51. The monoisotopic (exact) mass is 207 g/mol. The highest BCUT2D eigenvalue weighted by Gasteiger charge is 2.57. The highest BCUT2D eigenvalue weighted by Crippen LogP contribution is 2.48. The van der Waals surface area contributed by atoms with Crippen LogP contribution in [0.1, 0.15) is 27.2 Å². The Balaban J connectivity index is 2.17. The van der Waals surface area contributed by atoms with Crippen molar-refractivity contribution in [2.24, 2.45) is 5.92 Å². The Morgan fingerprint density at radius 2 is 2.07 bits per heavy atom. The van der Waals surface area contributed by atoms with Gasteiger partial charge in [-0.25, -0.2) is 13.6 Å². The molecule has 0 heterocycles. The molecule has 1 aliphatic rings. The highest BCUT2D eigenvalue weighted by atomic mass is 19.3. The third-order valence-electron chi connectivity index (χ3n) is 1.85. The Hall–Kier alpha value is -0.870. The molecule has 3 nitrogen and oxygen atoms in total. The SMILES string of the molecule is CC(C)(C)NC(=O)OCC1CC1(F)F. The first-order valence-electron chi connectivity index (χ1n) is 4.53. The van der Waals surface area contributed by atoms with Gasteiger partial charge in [-0.2, -0.15) is 0 Å². The van der Waals surface area contributed by atoms with Crippen molar-refractivity contribution in [1.29, 1.82) is 0 Å². The Kier molecular flexibility index (Phi) is 2.69. The van der Waals surface area contributed by atoms with E-state index in [4.69, 9.17) is 0 Å². The lowest BCUT2D eigenvalue weighted by Gasteiger charge is -2.19. The molecule has 1 N–H and O–H groups in total. The van der Waals surface area contributed by atoms with E-state index in [1.807, 2.05) is 0 Å². The minimum absolute atomic E-state index is 0.171. The van der Waals surface area contributed by atoms with Gasteiger partial charge >= 0.3 is 6.09 Å². The molecule has 1 fully saturated rings. The van der Waals surface area contributed by atoms with Crippen LogP contribution < -0.4 is 5.32 Å². The first kappa shape index (κ1) is 11.2. The van der Waals surface area contributed by atoms with Gasteiger partial charge in [0.05, 0.1) is 5.92 Å². The van der Waals surface area contributed by atoms with Crippen molar-refractivity contribution >= 4 is 6.09 Å². The molecule has 82 valence electrons. The third-order valence-corrected chi connectivity index (χ3v) is 1.85. The van der Waals surface area contributed by atoms with Crippen LogP contribution in [0.15, 0.2) is 0 Å². The van der Waals surface area contributed by atoms with E-state index in [0.717, 1.165) is 0 Å². The molecule has 0 aromatic rings. The molecule has 0 spiro atoms. The number of alkyl halides is 2. The van der Waals surface area contributed by atoms with E-state index in [9.17, 15) is 13.6 Å². The molecule has 0 bridgehead atoms. The summed E-state index contributed by atoms with van der Waals surface area (Å²) in [5, 5.41) is 2.52. The molecule has 1 unspecified atom stereocenters. The van der Waals surface area contributed by atoms with E-state index in [-0.39, 0.29) is 13.0 Å². The van der Waals surface area contributed by atoms with Crippen molar-refractivity contribution in [3.63, 3.8) is 0 Å². The number of nitrogens with one attached hydrogen (secondary N) is 1. The van der Waals surface area contributed by atoms with Crippen molar-refractivity contribution in [1.82, 2.24) is 5.32 Å². The molecule has 0 radical (unpaired) electrons. The maximum absolute atomic E-state index is 12.4. The van der Waals surface area contributed by atoms with Gasteiger partial charge in [0.1, 0.15) is 6.61 Å². The molecule has 14 heavy (non-hydrogen) atoms. The molecule has 0 aliphatic heterocycles. The number of halogens is 2. The molecule has 0 aromatic carbocycles. The van der Waals surface area contributed by atoms with Gasteiger partial charge in [0, 0.05) is 12.0 Å². The van der Waals surface area contributed by atoms with Gasteiger partial charge in [0.25, 0.3) is 5.92 Å². The number of alkyl carbamates (subject to hydrolysis) is 1. The number of ether oxygens (including phenoxy) is 1. The summed E-state index contributed by atoms with van der Waals surface area (Å²) in [5.41, 5.74) is -0.400. The van der Waals surface area contributed by atoms with Gasteiger partial charge in [-0.05, 0) is 20.8 Å². The Morgan fingerprint density at radius 3 is 2.43 bits per heavy atom. The number of rotatable bonds is 2. The van der Waals surface area contributed by atoms with Crippen LogP contribution in [0.4, 0.5) is 13.6 Å². The first-order valence-corrected chi connectivity index (χ1v) is 4.53. The number of amides is 1. The fraction of sp³-hybridized carbons (Fsp3) is 0.889. The summed E-state index contributed by atoms with van der Waals surface area (Å²) in [7, 11) is 0. The number of carbonyl (C=O) groups excluding carboxylic acids is 1. The zero-order valence-corrected chi connectivity index (χ0v) is 8.56. The largest absolute Gasteiger partial charge is 0.449 e. The summed E-state index contributed by atoms with van der Waals surface area (Å²) in [5.74, 6) is -3.41. The summed E-state index contributed by atoms with van der Waals surface area (Å²) in [6, 6.07) is 0. The predicted octanol–water partition coefficient (Wildman–Crippen LogP) is 2.17. The Morgan fingerprint density at radius 1 is 1.57 bits per heavy atom. The molecule has 0 saturated heterocycles. The summed E-state index contributed by atoms with van der Waals surface area (Å²) in [6.07, 6.45) is -0.810. The fourth-order valence-electron chi connectivity index (χ4n) is 0.969. The van der Waals surface area contributed by atoms with Crippen LogP contribution in [-0.4, -0.2) is 24.2 Å². The van der Waals surface area contributed by atoms with Crippen molar-refractivity contribution < 1.29 is 18.3 Å². The molecule has 0 aromatic heterocycles. The summed E-state index contributed by atoms with van der Waals surface area (Å²) in [4.78, 5) is 11.0. The molecule has 1 saturated carbocycles. The van der Waals surface area contributed by atoms with E-state index in [0.29, 0.717) is 0 Å². The van der Waals surface area contributed by atoms with Crippen molar-refractivity contribution in [3.05, 3.63) is 0 Å². The van der Waals surface area contributed by atoms with Crippen molar-refractivity contribution in [2.75, 3.05) is 6.61 Å². The molecule has 1 aliphatic carbocycles. The number of carbonyl (C=O) groups is 1. The highest BCUT2D eigenvalue weighted by molar-refractivity contribution is 5.68. The maximum Gasteiger partial charge on any atom is 0.407 e. The molecular formula is C9H15F2NO2. The predicted molar refractivity (Wildman–Crippen MR) is 47.3 cm³/mol. The van der Waals surface area contributed by atoms with Gasteiger partial charge < -0.3 is 10.1 Å². The topological polar surface area (TPSA) is 38.3 Å². The van der Waals surface area contributed by atoms with Crippen molar-refractivity contribution in [3.8, 4) is 0 Å². The smallest absolute Gasteiger partial charge is 0.407 e. The second kappa shape index (κ2) is 3.37. The number of hydrogen-bond acceptors (Lipinski definition) is 2. The minimum Gasteiger partial charge on any atom is -0.449 e. The van der Waals surface area contributed by atoms with Crippen LogP contribution in [0.2, 0.25) is 0 Å². The summed E-state index contributed by atoms with van der Waals surface area (Å²) >= 11 is 0. The van der Waals surface area contributed by atoms with Gasteiger partial charge in [0.2, 0.25) is 0 Å². The van der Waals surface area contributed by atoms with Gasteiger partial charge in [-0.3, -0.25) is 0 Å². The summed E-state index contributed by atoms with van der Waals surface area (Å²) in [6.45, 7) is 5.18. The van der Waals surface area contributed by atoms with E-state index in [1.165, 1.54) is 0 Å². The molecule has 1 rings (SSSR count). The van der Waals surface area contributed by atoms with Crippen LogP contribution in [-0.2, 0) is 4.74 Å². The van der Waals surface area contributed by atoms with Crippen LogP contribution in [0, 0.1) is 5.92 Å². The zero-order chi connectivity index (χ0) is 11.0. The zero-order valence-electron chi connectivity index (χ0n) is 8.56. The van der Waals surface area contributed by atoms with E-state index >= 15 is 0 Å². The van der Waals surface area contributed by atoms with Crippen LogP contribution in [0.5, 0.6) is 0 Å². The summed E-state index contributed by atoms with van der Waals surface area (Å²) < 4.78 is 29.4. The second-order valence-electron chi connectivity index (χ2n) is 4.64. The Labute approximate surface area is 81.8 Å². The molecule has 5 heteroatoms. The quantitative estimate of drug-likeness (QED) is 0.753. The average molecular weight is 207 g/mol. The van der Waals surface area contributed by atoms with E-state index in [2.05, 4.69) is 10.1 Å². The lowest BCUT2D eigenvalue weighted by molar-refractivity contribution is 0.0709. The molecular weight excluding hydrogens is 192 g/mol. The second-order valence-corrected chi connectivity index (χ2v) is 4.64. The van der Waals surface area contributed by atoms with E-state index in [1.54, 1.807) is 20.8 Å². The fourth-order valence-corrected chi connectivity index (χ4v) is 0.969. The van der Waals surface area contributed by atoms with Crippen LogP contribution >= 0.6 is 0 Å². The number of hydrogen-bond donors (Lipinski definition) is 1. The van der Waals surface area contributed by atoms with Gasteiger partial charge in [-0.15, -0.1) is 0 Å². The minimum atomic E-state index is -2.62. The molecule has 1 atom stereocenters. The lowest BCUT2D eigenvalue weighted by Crippen LogP contribution is -2.41. The van der Waals surface area contributed by atoms with Crippen LogP contribution in [0.3, 0.4) is 0 Å². The molecule has 1 amide bonds. The normalized spacial score (nSPS) is 24.2. The van der Waals surface area contributed by atoms with Crippen molar-refractivity contribution in [2.45, 2.75) is 38.7 Å². The first-order chi connectivity index (χ1) is 6.21. The standard InChI is InChI=1S/C9H15F2NO2/c1-8(2,3)12-7(13)14-5-6-4-9(6,10)11/h6H,4-5H2,1-3H3,(H,12,13). The third kappa shape index (κ3) is 3.47. The van der Waals surface area contributed by atoms with E-state index < -0.39 is 23.5 Å². The van der Waals surface area contributed by atoms with Crippen LogP contribution in [0.25, 0.3) is 0 Å². The van der Waals surface area contributed by atoms with Gasteiger partial charge in [0.15, 0.2) is 0 Å².